The van der Waals surface area contributed by atoms with Gasteiger partial charge in [0.05, 0.1) is 6.04 Å². The van der Waals surface area contributed by atoms with Gasteiger partial charge in [-0.25, -0.2) is 0 Å². The highest BCUT2D eigenvalue weighted by molar-refractivity contribution is 5.80. The second-order valence-electron chi connectivity index (χ2n) is 5.21. The normalized spacial score (nSPS) is 13.3. The van der Waals surface area contributed by atoms with Crippen molar-refractivity contribution in [3.8, 4) is 0 Å². The second kappa shape index (κ2) is 10.2. The van der Waals surface area contributed by atoms with Crippen LogP contribution in [-0.2, 0) is 0 Å². The van der Waals surface area contributed by atoms with Gasteiger partial charge < -0.3 is 15.5 Å². The summed E-state index contributed by atoms with van der Waals surface area (Å²) in [5.74, 6) is 0.860. The first-order valence-corrected chi connectivity index (χ1v) is 7.95. The highest BCUT2D eigenvalue weighted by atomic mass is 15.2. The van der Waals surface area contributed by atoms with Crippen molar-refractivity contribution in [2.45, 2.75) is 33.2 Å². The number of guanidine groups is 1. The largest absolute Gasteiger partial charge is 0.355 e. The molecule has 0 fully saturated rings. The van der Waals surface area contributed by atoms with Crippen molar-refractivity contribution in [3.05, 3.63) is 35.9 Å². The third-order valence-electron chi connectivity index (χ3n) is 3.58. The molecule has 0 bridgehead atoms. The van der Waals surface area contributed by atoms with E-state index in [4.69, 9.17) is 0 Å². The Kier molecular flexibility index (Phi) is 8.51. The van der Waals surface area contributed by atoms with E-state index >= 15 is 0 Å². The quantitative estimate of drug-likeness (QED) is 0.571. The molecule has 0 saturated carbocycles. The fourth-order valence-corrected chi connectivity index (χ4v) is 2.30. The van der Waals surface area contributed by atoms with Gasteiger partial charge in [0.1, 0.15) is 0 Å². The predicted octanol–water partition coefficient (Wildman–Crippen LogP) is 2.64. The summed E-state index contributed by atoms with van der Waals surface area (Å²) in [6, 6.07) is 10.7. The molecule has 0 heterocycles. The van der Waals surface area contributed by atoms with Gasteiger partial charge in [-0.05, 0) is 32.0 Å². The van der Waals surface area contributed by atoms with E-state index in [1.807, 2.05) is 13.1 Å². The molecular weight excluding hydrogens is 260 g/mol. The molecule has 0 saturated heterocycles. The molecule has 1 atom stereocenters. The molecule has 0 aromatic heterocycles. The Hall–Kier alpha value is -1.55. The monoisotopic (exact) mass is 290 g/mol. The van der Waals surface area contributed by atoms with Crippen LogP contribution in [-0.4, -0.2) is 44.1 Å². The van der Waals surface area contributed by atoms with Crippen molar-refractivity contribution in [2.75, 3.05) is 33.2 Å². The molecule has 0 aliphatic carbocycles. The molecule has 0 spiro atoms. The van der Waals surface area contributed by atoms with Gasteiger partial charge in [-0.1, -0.05) is 44.2 Å². The van der Waals surface area contributed by atoms with Crippen LogP contribution in [0.2, 0.25) is 0 Å². The number of benzene rings is 1. The molecule has 0 aliphatic rings. The molecule has 4 nitrogen and oxygen atoms in total. The van der Waals surface area contributed by atoms with E-state index < -0.39 is 0 Å². The lowest BCUT2D eigenvalue weighted by Gasteiger charge is -2.22. The summed E-state index contributed by atoms with van der Waals surface area (Å²) in [4.78, 5) is 6.74. The zero-order chi connectivity index (χ0) is 15.5. The molecule has 4 heteroatoms. The maximum Gasteiger partial charge on any atom is 0.191 e. The van der Waals surface area contributed by atoms with Crippen molar-refractivity contribution in [2.24, 2.45) is 4.99 Å². The van der Waals surface area contributed by atoms with E-state index in [2.05, 4.69) is 65.6 Å². The Balaban J connectivity index is 2.39. The van der Waals surface area contributed by atoms with E-state index in [1.54, 1.807) is 0 Å². The highest BCUT2D eigenvalue weighted by Gasteiger charge is 2.07. The number of hydrogen-bond acceptors (Lipinski definition) is 2. The van der Waals surface area contributed by atoms with Crippen LogP contribution in [0, 0.1) is 0 Å². The molecule has 21 heavy (non-hydrogen) atoms. The minimum absolute atomic E-state index is 0.246. The Morgan fingerprint density at radius 3 is 2.48 bits per heavy atom. The molecule has 1 aromatic rings. The molecule has 118 valence electrons. The number of nitrogens with zero attached hydrogens (tertiary/aromatic N) is 2. The Morgan fingerprint density at radius 1 is 1.19 bits per heavy atom. The van der Waals surface area contributed by atoms with E-state index in [0.29, 0.717) is 0 Å². The topological polar surface area (TPSA) is 39.7 Å². The second-order valence-corrected chi connectivity index (χ2v) is 5.21. The lowest BCUT2D eigenvalue weighted by Crippen LogP contribution is -2.42. The molecular formula is C17H30N4. The van der Waals surface area contributed by atoms with Crippen LogP contribution in [0.15, 0.2) is 35.3 Å². The standard InChI is InChI=1S/C17H30N4/c1-5-13-21(6-2)14-12-19-17(18-4)20-15(3)16-10-8-7-9-11-16/h7-11,15H,5-6,12-14H2,1-4H3,(H2,18,19,20). The van der Waals surface area contributed by atoms with Crippen LogP contribution in [0.4, 0.5) is 0 Å². The number of likely N-dealkylation sites (N-methyl/N-ethyl adjacent to an activating group) is 1. The molecule has 1 aromatic carbocycles. The first-order valence-electron chi connectivity index (χ1n) is 7.95. The molecule has 0 radical (unpaired) electrons. The Morgan fingerprint density at radius 2 is 1.90 bits per heavy atom. The maximum absolute atomic E-state index is 4.30. The smallest absolute Gasteiger partial charge is 0.191 e. The van der Waals surface area contributed by atoms with Crippen molar-refractivity contribution in [1.29, 1.82) is 0 Å². The van der Waals surface area contributed by atoms with E-state index in [-0.39, 0.29) is 6.04 Å². The van der Waals surface area contributed by atoms with E-state index in [9.17, 15) is 0 Å². The summed E-state index contributed by atoms with van der Waals surface area (Å²) in [5.41, 5.74) is 1.27. The molecule has 0 aliphatic heterocycles. The lowest BCUT2D eigenvalue weighted by atomic mass is 10.1. The van der Waals surface area contributed by atoms with Crippen LogP contribution in [0.3, 0.4) is 0 Å². The Labute approximate surface area is 129 Å². The fourth-order valence-electron chi connectivity index (χ4n) is 2.30. The molecule has 1 rings (SSSR count). The SMILES string of the molecule is CCCN(CC)CCNC(=NC)NC(C)c1ccccc1. The first kappa shape index (κ1) is 17.5. The van der Waals surface area contributed by atoms with Crippen LogP contribution < -0.4 is 10.6 Å². The Bertz CT molecular complexity index is 403. The molecule has 1 unspecified atom stereocenters. The van der Waals surface area contributed by atoms with Gasteiger partial charge in [0.15, 0.2) is 5.96 Å². The number of hydrogen-bond donors (Lipinski definition) is 2. The van der Waals surface area contributed by atoms with Crippen molar-refractivity contribution in [3.63, 3.8) is 0 Å². The summed E-state index contributed by atoms with van der Waals surface area (Å²) < 4.78 is 0. The molecule has 0 amide bonds. The average Bonchev–Trinajstić information content (AvgIpc) is 2.53. The predicted molar refractivity (Wildman–Crippen MR) is 91.8 cm³/mol. The van der Waals surface area contributed by atoms with Gasteiger partial charge >= 0.3 is 0 Å². The third kappa shape index (κ3) is 6.63. The molecule has 2 N–H and O–H groups in total. The zero-order valence-electron chi connectivity index (χ0n) is 13.9. The van der Waals surface area contributed by atoms with Crippen LogP contribution in [0.25, 0.3) is 0 Å². The summed E-state index contributed by atoms with van der Waals surface area (Å²) in [6.07, 6.45) is 1.20. The van der Waals surface area contributed by atoms with Gasteiger partial charge in [-0.2, -0.15) is 0 Å². The van der Waals surface area contributed by atoms with Gasteiger partial charge in [-0.15, -0.1) is 0 Å². The van der Waals surface area contributed by atoms with Crippen molar-refractivity contribution < 1.29 is 0 Å². The zero-order valence-corrected chi connectivity index (χ0v) is 13.9. The third-order valence-corrected chi connectivity index (χ3v) is 3.58. The first-order chi connectivity index (χ1) is 10.2. The summed E-state index contributed by atoms with van der Waals surface area (Å²) >= 11 is 0. The van der Waals surface area contributed by atoms with Crippen LogP contribution >= 0.6 is 0 Å². The van der Waals surface area contributed by atoms with Crippen molar-refractivity contribution in [1.82, 2.24) is 15.5 Å². The lowest BCUT2D eigenvalue weighted by molar-refractivity contribution is 0.293. The number of nitrogens with one attached hydrogen (secondary N) is 2. The van der Waals surface area contributed by atoms with Gasteiger partial charge in [0, 0.05) is 20.1 Å². The summed E-state index contributed by atoms with van der Waals surface area (Å²) in [5, 5.41) is 6.82. The minimum atomic E-state index is 0.246. The summed E-state index contributed by atoms with van der Waals surface area (Å²) in [7, 11) is 1.82. The van der Waals surface area contributed by atoms with Crippen LogP contribution in [0.5, 0.6) is 0 Å². The average molecular weight is 290 g/mol. The van der Waals surface area contributed by atoms with Crippen LogP contribution in [0.1, 0.15) is 38.8 Å². The van der Waals surface area contributed by atoms with Gasteiger partial charge in [-0.3, -0.25) is 4.99 Å². The number of aliphatic imine (C=N–C) groups is 1. The summed E-state index contributed by atoms with van der Waals surface area (Å²) in [6.45, 7) is 10.8. The van der Waals surface area contributed by atoms with Gasteiger partial charge in [0.25, 0.3) is 0 Å². The van der Waals surface area contributed by atoms with Crippen molar-refractivity contribution >= 4 is 5.96 Å². The minimum Gasteiger partial charge on any atom is -0.355 e. The number of rotatable bonds is 8. The fraction of sp³-hybridized carbons (Fsp3) is 0.588. The highest BCUT2D eigenvalue weighted by Crippen LogP contribution is 2.10. The van der Waals surface area contributed by atoms with E-state index in [0.717, 1.165) is 32.1 Å². The van der Waals surface area contributed by atoms with E-state index in [1.165, 1.54) is 12.0 Å². The maximum atomic E-state index is 4.30. The van der Waals surface area contributed by atoms with Gasteiger partial charge in [0.2, 0.25) is 0 Å².